The zero-order chi connectivity index (χ0) is 12.3. The normalized spacial score (nSPS) is 22.8. The smallest absolute Gasteiger partial charge is 0.159 e. The minimum atomic E-state index is -0.878. The summed E-state index contributed by atoms with van der Waals surface area (Å²) in [5.74, 6) is 0.834. The van der Waals surface area contributed by atoms with Gasteiger partial charge in [0.05, 0.1) is 7.11 Å². The van der Waals surface area contributed by atoms with E-state index in [1.54, 1.807) is 13.2 Å². The van der Waals surface area contributed by atoms with Crippen molar-refractivity contribution in [3.05, 3.63) is 35.4 Å². The number of hydrogen-bond donors (Lipinski definition) is 0. The molecule has 1 unspecified atom stereocenters. The van der Waals surface area contributed by atoms with Gasteiger partial charge < -0.3 is 4.74 Å². The molecule has 0 N–H and O–H groups in total. The maximum atomic E-state index is 13.2. The lowest BCUT2D eigenvalue weighted by molar-refractivity contribution is -0.117. The average Bonchev–Trinajstić information content (AvgIpc) is 2.35. The summed E-state index contributed by atoms with van der Waals surface area (Å²) < 4.78 is 18.3. The zero-order valence-electron chi connectivity index (χ0n) is 9.78. The third kappa shape index (κ3) is 2.93. The fourth-order valence-electron chi connectivity index (χ4n) is 1.94. The lowest BCUT2D eigenvalue weighted by atomic mass is 9.91. The summed E-state index contributed by atoms with van der Waals surface area (Å²) >= 11 is 0. The van der Waals surface area contributed by atoms with Crippen LogP contribution in [0.5, 0.6) is 5.75 Å². The Morgan fingerprint density at radius 2 is 2.06 bits per heavy atom. The molecule has 90 valence electrons. The molecule has 1 atom stereocenters. The van der Waals surface area contributed by atoms with Crippen LogP contribution in [-0.4, -0.2) is 19.1 Å². The Hall–Kier alpha value is -1.64. The van der Waals surface area contributed by atoms with E-state index in [1.807, 2.05) is 24.3 Å². The predicted molar refractivity (Wildman–Crippen MR) is 64.7 cm³/mol. The molecule has 0 amide bonds. The van der Waals surface area contributed by atoms with Crippen LogP contribution in [0.1, 0.15) is 24.8 Å². The Morgan fingerprint density at radius 1 is 1.35 bits per heavy atom. The molecule has 1 aromatic rings. The predicted octanol–water partition coefficient (Wildman–Crippen LogP) is 3.17. The highest BCUT2D eigenvalue weighted by Gasteiger charge is 2.22. The lowest BCUT2D eigenvalue weighted by Gasteiger charge is -2.16. The van der Waals surface area contributed by atoms with Crippen molar-refractivity contribution in [3.63, 3.8) is 0 Å². The van der Waals surface area contributed by atoms with E-state index in [-0.39, 0.29) is 12.2 Å². The topological polar surface area (TPSA) is 26.3 Å². The van der Waals surface area contributed by atoms with Crippen molar-refractivity contribution < 1.29 is 13.9 Å². The monoisotopic (exact) mass is 234 g/mol. The second-order valence-electron chi connectivity index (χ2n) is 4.21. The first kappa shape index (κ1) is 11.8. The summed E-state index contributed by atoms with van der Waals surface area (Å²) in [6.07, 6.45) is 1.82. The van der Waals surface area contributed by atoms with Gasteiger partial charge in [-0.3, -0.25) is 4.79 Å². The molecule has 0 radical (unpaired) electrons. The molecule has 1 saturated carbocycles. The van der Waals surface area contributed by atoms with Crippen molar-refractivity contribution in [2.75, 3.05) is 7.11 Å². The molecule has 2 nitrogen and oxygen atoms in total. The highest BCUT2D eigenvalue weighted by atomic mass is 19.1. The minimum absolute atomic E-state index is 0.0646. The van der Waals surface area contributed by atoms with E-state index in [2.05, 4.69) is 0 Å². The van der Waals surface area contributed by atoms with Gasteiger partial charge in [0.15, 0.2) is 5.78 Å². The van der Waals surface area contributed by atoms with Crippen LogP contribution in [-0.2, 0) is 4.79 Å². The number of halogens is 1. The number of hydrogen-bond acceptors (Lipinski definition) is 2. The van der Waals surface area contributed by atoms with Gasteiger partial charge in [-0.05, 0) is 35.8 Å². The molecule has 0 aliphatic heterocycles. The molecule has 0 heterocycles. The van der Waals surface area contributed by atoms with Gasteiger partial charge in [-0.2, -0.15) is 0 Å². The Labute approximate surface area is 100 Å². The molecule has 0 saturated heterocycles. The molecular weight excluding hydrogens is 219 g/mol. The summed E-state index contributed by atoms with van der Waals surface area (Å²) in [6, 6.07) is 7.38. The van der Waals surface area contributed by atoms with E-state index in [9.17, 15) is 9.18 Å². The number of carbonyl (C=O) groups excluding carboxylic acids is 1. The van der Waals surface area contributed by atoms with Crippen LogP contribution in [0.3, 0.4) is 0 Å². The molecule has 3 heteroatoms. The first-order valence-electron chi connectivity index (χ1n) is 5.71. The SMILES string of the molecule is COc1ccc(C=C2CC(F)CCC2=O)cc1. The highest BCUT2D eigenvalue weighted by molar-refractivity contribution is 6.00. The van der Waals surface area contributed by atoms with Crippen molar-refractivity contribution in [1.29, 1.82) is 0 Å². The van der Waals surface area contributed by atoms with Crippen LogP contribution < -0.4 is 4.74 Å². The van der Waals surface area contributed by atoms with Crippen molar-refractivity contribution in [1.82, 2.24) is 0 Å². The van der Waals surface area contributed by atoms with Crippen LogP contribution >= 0.6 is 0 Å². The number of alkyl halides is 1. The molecular formula is C14H15FO2. The Balaban J connectivity index is 2.18. The number of allylic oxidation sites excluding steroid dienone is 1. The van der Waals surface area contributed by atoms with E-state index >= 15 is 0 Å². The largest absolute Gasteiger partial charge is 0.497 e. The maximum absolute atomic E-state index is 13.2. The van der Waals surface area contributed by atoms with E-state index in [0.717, 1.165) is 11.3 Å². The molecule has 2 rings (SSSR count). The summed E-state index contributed by atoms with van der Waals surface area (Å²) in [5.41, 5.74) is 1.50. The van der Waals surface area contributed by atoms with Gasteiger partial charge in [-0.1, -0.05) is 12.1 Å². The fraction of sp³-hybridized carbons (Fsp3) is 0.357. The number of carbonyl (C=O) groups is 1. The Bertz CT molecular complexity index is 434. The first-order chi connectivity index (χ1) is 8.19. The number of methoxy groups -OCH3 is 1. The first-order valence-corrected chi connectivity index (χ1v) is 5.71. The molecule has 0 bridgehead atoms. The number of Topliss-reactive ketones (excluding diaryl/α,β-unsaturated/α-hetero) is 1. The maximum Gasteiger partial charge on any atom is 0.159 e. The van der Waals surface area contributed by atoms with E-state index in [0.29, 0.717) is 18.4 Å². The molecule has 1 aliphatic rings. The summed E-state index contributed by atoms with van der Waals surface area (Å²) in [6.45, 7) is 0. The van der Waals surface area contributed by atoms with Crippen LogP contribution in [0.2, 0.25) is 0 Å². The van der Waals surface area contributed by atoms with Crippen LogP contribution in [0, 0.1) is 0 Å². The molecule has 0 aromatic heterocycles. The second kappa shape index (κ2) is 5.13. The standard InChI is InChI=1S/C14H15FO2/c1-17-13-5-2-10(3-6-13)8-11-9-12(15)4-7-14(11)16/h2-3,5-6,8,12H,4,7,9H2,1H3. The third-order valence-corrected chi connectivity index (χ3v) is 2.94. The van der Waals surface area contributed by atoms with Gasteiger partial charge in [0.2, 0.25) is 0 Å². The van der Waals surface area contributed by atoms with Gasteiger partial charge in [-0.15, -0.1) is 0 Å². The molecule has 17 heavy (non-hydrogen) atoms. The van der Waals surface area contributed by atoms with Gasteiger partial charge >= 0.3 is 0 Å². The number of ether oxygens (including phenoxy) is 1. The number of benzene rings is 1. The van der Waals surface area contributed by atoms with E-state index < -0.39 is 6.17 Å². The quantitative estimate of drug-likeness (QED) is 0.735. The third-order valence-electron chi connectivity index (χ3n) is 2.94. The Morgan fingerprint density at radius 3 is 2.71 bits per heavy atom. The molecule has 1 aromatic carbocycles. The summed E-state index contributed by atoms with van der Waals surface area (Å²) in [5, 5.41) is 0. The molecule has 0 spiro atoms. The number of rotatable bonds is 2. The van der Waals surface area contributed by atoms with Gasteiger partial charge in [0.1, 0.15) is 11.9 Å². The molecule has 1 aliphatic carbocycles. The van der Waals surface area contributed by atoms with Crippen molar-refractivity contribution in [2.24, 2.45) is 0 Å². The highest BCUT2D eigenvalue weighted by Crippen LogP contribution is 2.25. The average molecular weight is 234 g/mol. The van der Waals surface area contributed by atoms with Crippen molar-refractivity contribution in [2.45, 2.75) is 25.4 Å². The number of ketones is 1. The molecule has 1 fully saturated rings. The summed E-state index contributed by atoms with van der Waals surface area (Å²) in [7, 11) is 1.60. The van der Waals surface area contributed by atoms with Gasteiger partial charge in [0, 0.05) is 12.8 Å². The van der Waals surface area contributed by atoms with Gasteiger partial charge in [0.25, 0.3) is 0 Å². The van der Waals surface area contributed by atoms with Gasteiger partial charge in [-0.25, -0.2) is 4.39 Å². The second-order valence-corrected chi connectivity index (χ2v) is 4.21. The van der Waals surface area contributed by atoms with E-state index in [4.69, 9.17) is 4.74 Å². The summed E-state index contributed by atoms with van der Waals surface area (Å²) in [4.78, 5) is 11.6. The van der Waals surface area contributed by atoms with Crippen LogP contribution in [0.4, 0.5) is 4.39 Å². The van der Waals surface area contributed by atoms with E-state index in [1.165, 1.54) is 0 Å². The zero-order valence-corrected chi connectivity index (χ0v) is 9.78. The lowest BCUT2D eigenvalue weighted by Crippen LogP contribution is -2.17. The van der Waals surface area contributed by atoms with Crippen molar-refractivity contribution >= 4 is 11.9 Å². The fourth-order valence-corrected chi connectivity index (χ4v) is 1.94. The van der Waals surface area contributed by atoms with Crippen LogP contribution in [0.15, 0.2) is 29.8 Å². The Kier molecular flexibility index (Phi) is 3.57. The van der Waals surface area contributed by atoms with Crippen molar-refractivity contribution in [3.8, 4) is 5.75 Å². The van der Waals surface area contributed by atoms with Crippen LogP contribution in [0.25, 0.3) is 6.08 Å². The minimum Gasteiger partial charge on any atom is -0.497 e.